The molecular formula is C24H25FN4O3. The lowest BCUT2D eigenvalue weighted by Crippen LogP contribution is -2.34. The van der Waals surface area contributed by atoms with Crippen LogP contribution in [0.2, 0.25) is 0 Å². The first-order valence-corrected chi connectivity index (χ1v) is 10.6. The summed E-state index contributed by atoms with van der Waals surface area (Å²) in [6, 6.07) is 13.9. The van der Waals surface area contributed by atoms with Gasteiger partial charge in [0, 0.05) is 42.6 Å². The smallest absolute Gasteiger partial charge is 0.291 e. The van der Waals surface area contributed by atoms with Crippen molar-refractivity contribution in [3.05, 3.63) is 76.5 Å². The van der Waals surface area contributed by atoms with Gasteiger partial charge in [0.2, 0.25) is 5.91 Å². The van der Waals surface area contributed by atoms with Gasteiger partial charge in [0.25, 0.3) is 5.56 Å². The summed E-state index contributed by atoms with van der Waals surface area (Å²) >= 11 is 0. The Labute approximate surface area is 184 Å². The number of benzene rings is 2. The lowest BCUT2D eigenvalue weighted by atomic mass is 10.2. The Morgan fingerprint density at radius 3 is 2.69 bits per heavy atom. The predicted octanol–water partition coefficient (Wildman–Crippen LogP) is 3.08. The molecule has 32 heavy (non-hydrogen) atoms. The number of halogens is 1. The van der Waals surface area contributed by atoms with Crippen molar-refractivity contribution in [1.82, 2.24) is 19.7 Å². The molecule has 1 N–H and O–H groups in total. The minimum absolute atomic E-state index is 0.165. The standard InChI is InChI=1S/C24H25FN4O3/c1-2-32-13-5-12-26-22(30)16-29-24(31)23-20(14-27-29)19-6-3-4-7-21(19)28(23)15-17-8-10-18(25)11-9-17/h3-4,6-11,14H,2,5,12-13,15-16H2,1H3,(H,26,30). The van der Waals surface area contributed by atoms with Gasteiger partial charge in [0.15, 0.2) is 0 Å². The second-order valence-electron chi connectivity index (χ2n) is 7.50. The van der Waals surface area contributed by atoms with Gasteiger partial charge in [0.05, 0.1) is 6.20 Å². The lowest BCUT2D eigenvalue weighted by molar-refractivity contribution is -0.121. The number of ether oxygens (including phenoxy) is 1. The Kier molecular flexibility index (Phi) is 6.61. The minimum atomic E-state index is -0.342. The molecule has 2 aromatic heterocycles. The summed E-state index contributed by atoms with van der Waals surface area (Å²) in [5, 5.41) is 8.66. The molecule has 4 aromatic rings. The summed E-state index contributed by atoms with van der Waals surface area (Å²) in [7, 11) is 0. The minimum Gasteiger partial charge on any atom is -0.382 e. The highest BCUT2D eigenvalue weighted by atomic mass is 19.1. The molecule has 0 radical (unpaired) electrons. The maximum absolute atomic E-state index is 13.3. The van der Waals surface area contributed by atoms with Crippen molar-refractivity contribution in [2.75, 3.05) is 19.8 Å². The van der Waals surface area contributed by atoms with E-state index >= 15 is 0 Å². The average molecular weight is 436 g/mol. The quantitative estimate of drug-likeness (QED) is 0.409. The molecule has 0 unspecified atom stereocenters. The fourth-order valence-corrected chi connectivity index (χ4v) is 3.78. The SMILES string of the molecule is CCOCCCNC(=O)Cn1ncc2c3ccccc3n(Cc3ccc(F)cc3)c2c1=O. The molecule has 0 atom stereocenters. The second-order valence-corrected chi connectivity index (χ2v) is 7.50. The molecule has 0 saturated heterocycles. The Balaban J connectivity index is 1.66. The van der Waals surface area contributed by atoms with E-state index < -0.39 is 0 Å². The largest absolute Gasteiger partial charge is 0.382 e. The van der Waals surface area contributed by atoms with E-state index in [0.29, 0.717) is 38.2 Å². The van der Waals surface area contributed by atoms with Crippen molar-refractivity contribution in [3.63, 3.8) is 0 Å². The molecule has 8 heteroatoms. The zero-order chi connectivity index (χ0) is 22.5. The van der Waals surface area contributed by atoms with E-state index in [1.807, 2.05) is 35.8 Å². The molecule has 4 rings (SSSR count). The number of aromatic nitrogens is 3. The number of carbonyl (C=O) groups is 1. The van der Waals surface area contributed by atoms with Crippen LogP contribution in [-0.4, -0.2) is 40.0 Å². The van der Waals surface area contributed by atoms with Crippen molar-refractivity contribution in [2.24, 2.45) is 0 Å². The van der Waals surface area contributed by atoms with E-state index in [4.69, 9.17) is 4.74 Å². The number of rotatable bonds is 9. The van der Waals surface area contributed by atoms with Gasteiger partial charge >= 0.3 is 0 Å². The third kappa shape index (κ3) is 4.55. The van der Waals surface area contributed by atoms with Gasteiger partial charge in [-0.05, 0) is 37.1 Å². The first kappa shape index (κ1) is 21.7. The molecule has 166 valence electrons. The number of carbonyl (C=O) groups excluding carboxylic acids is 1. The Morgan fingerprint density at radius 2 is 1.91 bits per heavy atom. The first-order chi connectivity index (χ1) is 15.6. The summed E-state index contributed by atoms with van der Waals surface area (Å²) in [5.74, 6) is -0.591. The van der Waals surface area contributed by atoms with E-state index in [9.17, 15) is 14.0 Å². The summed E-state index contributed by atoms with van der Waals surface area (Å²) in [4.78, 5) is 25.7. The van der Waals surface area contributed by atoms with E-state index in [2.05, 4.69) is 10.4 Å². The molecule has 2 aromatic carbocycles. The van der Waals surface area contributed by atoms with Crippen molar-refractivity contribution in [2.45, 2.75) is 26.4 Å². The summed E-state index contributed by atoms with van der Waals surface area (Å²) < 4.78 is 21.7. The van der Waals surface area contributed by atoms with Crippen LogP contribution in [0, 0.1) is 5.82 Å². The van der Waals surface area contributed by atoms with Crippen molar-refractivity contribution >= 4 is 27.7 Å². The Hall–Kier alpha value is -3.52. The van der Waals surface area contributed by atoms with Crippen LogP contribution < -0.4 is 10.9 Å². The van der Waals surface area contributed by atoms with E-state index in [-0.39, 0.29) is 23.8 Å². The maximum Gasteiger partial charge on any atom is 0.291 e. The highest BCUT2D eigenvalue weighted by Gasteiger charge is 2.17. The summed E-state index contributed by atoms with van der Waals surface area (Å²) in [6.07, 6.45) is 2.33. The van der Waals surface area contributed by atoms with Gasteiger partial charge in [-0.15, -0.1) is 0 Å². The number of fused-ring (bicyclic) bond motifs is 3. The molecule has 1 amide bonds. The van der Waals surface area contributed by atoms with Crippen molar-refractivity contribution < 1.29 is 13.9 Å². The van der Waals surface area contributed by atoms with Crippen LogP contribution in [0.1, 0.15) is 18.9 Å². The molecule has 7 nitrogen and oxygen atoms in total. The molecule has 0 aliphatic rings. The number of amides is 1. The zero-order valence-electron chi connectivity index (χ0n) is 17.9. The fourth-order valence-electron chi connectivity index (χ4n) is 3.78. The molecule has 2 heterocycles. The Morgan fingerprint density at radius 1 is 1.12 bits per heavy atom. The molecule has 0 fully saturated rings. The lowest BCUT2D eigenvalue weighted by Gasteiger charge is -2.09. The van der Waals surface area contributed by atoms with Gasteiger partial charge in [-0.2, -0.15) is 5.10 Å². The van der Waals surface area contributed by atoms with E-state index in [1.54, 1.807) is 18.3 Å². The predicted molar refractivity (Wildman–Crippen MR) is 121 cm³/mol. The molecule has 0 aliphatic carbocycles. The highest BCUT2D eigenvalue weighted by Crippen LogP contribution is 2.27. The van der Waals surface area contributed by atoms with Gasteiger partial charge in [-0.1, -0.05) is 30.3 Å². The normalized spacial score (nSPS) is 11.3. The summed E-state index contributed by atoms with van der Waals surface area (Å²) in [6.45, 7) is 3.83. The molecule has 0 bridgehead atoms. The van der Waals surface area contributed by atoms with Crippen LogP contribution in [0.25, 0.3) is 21.8 Å². The van der Waals surface area contributed by atoms with Crippen molar-refractivity contribution in [1.29, 1.82) is 0 Å². The number of para-hydroxylation sites is 1. The number of nitrogens with zero attached hydrogens (tertiary/aromatic N) is 3. The number of nitrogens with one attached hydrogen (secondary N) is 1. The van der Waals surface area contributed by atoms with E-state index in [1.165, 1.54) is 16.8 Å². The number of hydrogen-bond acceptors (Lipinski definition) is 4. The van der Waals surface area contributed by atoms with E-state index in [0.717, 1.165) is 21.9 Å². The van der Waals surface area contributed by atoms with Crippen LogP contribution in [0.5, 0.6) is 0 Å². The van der Waals surface area contributed by atoms with Crippen molar-refractivity contribution in [3.8, 4) is 0 Å². The van der Waals surface area contributed by atoms with Gasteiger partial charge in [0.1, 0.15) is 17.9 Å². The third-order valence-electron chi connectivity index (χ3n) is 5.31. The molecular weight excluding hydrogens is 411 g/mol. The first-order valence-electron chi connectivity index (χ1n) is 10.6. The third-order valence-corrected chi connectivity index (χ3v) is 5.31. The second kappa shape index (κ2) is 9.74. The number of hydrogen-bond donors (Lipinski definition) is 1. The summed E-state index contributed by atoms with van der Waals surface area (Å²) in [5.41, 5.74) is 1.87. The molecule has 0 saturated carbocycles. The van der Waals surface area contributed by atoms with Gasteiger partial charge < -0.3 is 14.6 Å². The van der Waals surface area contributed by atoms with Gasteiger partial charge in [-0.3, -0.25) is 9.59 Å². The molecule has 0 spiro atoms. The monoisotopic (exact) mass is 436 g/mol. The molecule has 0 aliphatic heterocycles. The van der Waals surface area contributed by atoms with Crippen LogP contribution >= 0.6 is 0 Å². The fraction of sp³-hybridized carbons (Fsp3) is 0.292. The average Bonchev–Trinajstić information content (AvgIpc) is 3.11. The van der Waals surface area contributed by atoms with Crippen LogP contribution in [0.15, 0.2) is 59.5 Å². The zero-order valence-corrected chi connectivity index (χ0v) is 17.9. The van der Waals surface area contributed by atoms with Crippen LogP contribution in [0.3, 0.4) is 0 Å². The topological polar surface area (TPSA) is 78.2 Å². The van der Waals surface area contributed by atoms with Crippen LogP contribution in [0.4, 0.5) is 4.39 Å². The Bertz CT molecular complexity index is 1290. The van der Waals surface area contributed by atoms with Crippen LogP contribution in [-0.2, 0) is 22.6 Å². The highest BCUT2D eigenvalue weighted by molar-refractivity contribution is 6.07. The van der Waals surface area contributed by atoms with Gasteiger partial charge in [-0.25, -0.2) is 9.07 Å². The maximum atomic E-state index is 13.3.